The molecule has 1 fully saturated rings. The third kappa shape index (κ3) is 4.86. The lowest BCUT2D eigenvalue weighted by Crippen LogP contribution is -2.41. The molecule has 1 aromatic heterocycles. The van der Waals surface area contributed by atoms with Gasteiger partial charge in [0.15, 0.2) is 9.84 Å². The van der Waals surface area contributed by atoms with Crippen molar-refractivity contribution in [3.8, 4) is 5.75 Å². The van der Waals surface area contributed by atoms with E-state index in [1.807, 2.05) is 37.3 Å². The molecule has 0 unspecified atom stereocenters. The molecule has 0 aliphatic carbocycles. The summed E-state index contributed by atoms with van der Waals surface area (Å²) in [4.78, 5) is 4.47. The molecule has 0 amide bonds. The van der Waals surface area contributed by atoms with Gasteiger partial charge in [0, 0.05) is 22.6 Å². The van der Waals surface area contributed by atoms with Gasteiger partial charge in [0.25, 0.3) is 0 Å². The van der Waals surface area contributed by atoms with Crippen LogP contribution in [0.4, 0.5) is 0 Å². The summed E-state index contributed by atoms with van der Waals surface area (Å²) in [6.45, 7) is 1.96. The largest absolute Gasteiger partial charge is 0.507 e. The topological polar surface area (TPSA) is 96.7 Å². The van der Waals surface area contributed by atoms with E-state index < -0.39 is 28.3 Å². The fourth-order valence-electron chi connectivity index (χ4n) is 4.53. The molecule has 3 heterocycles. The Kier molecular flexibility index (Phi) is 6.90. The molecule has 0 saturated carbocycles. The van der Waals surface area contributed by atoms with Gasteiger partial charge in [-0.1, -0.05) is 34.5 Å². The number of aromatic hydroxyl groups is 1. The molecule has 32 heavy (non-hydrogen) atoms. The van der Waals surface area contributed by atoms with Crippen LogP contribution in [0, 0.1) is 0 Å². The standard InChI is InChI=1S/C23H25BBrNO5S/c1-2-15-14-32(29,30)22-13-24(28)31-21(23(15)22)9-6-16(19-5-3-4-10-26-19)11-17-12-18(25)7-8-20(17)27/h3-5,7-8,10-12,21-22,27-28H,2,6,9,13-14H2,1H3/b16-11-/t21-,22+/m1/s1. The van der Waals surface area contributed by atoms with Crippen molar-refractivity contribution >= 4 is 44.5 Å². The number of hydrogen-bond acceptors (Lipinski definition) is 6. The van der Waals surface area contributed by atoms with Crippen molar-refractivity contribution in [2.24, 2.45) is 0 Å². The van der Waals surface area contributed by atoms with E-state index in [1.165, 1.54) is 0 Å². The van der Waals surface area contributed by atoms with Gasteiger partial charge in [0.2, 0.25) is 0 Å². The summed E-state index contributed by atoms with van der Waals surface area (Å²) in [5.74, 6) is 0.203. The van der Waals surface area contributed by atoms with Gasteiger partial charge in [-0.2, -0.15) is 0 Å². The van der Waals surface area contributed by atoms with Crippen molar-refractivity contribution in [2.75, 3.05) is 5.75 Å². The van der Waals surface area contributed by atoms with Crippen LogP contribution in [-0.2, 0) is 14.5 Å². The summed E-state index contributed by atoms with van der Waals surface area (Å²) in [7, 11) is -4.40. The smallest absolute Gasteiger partial charge is 0.456 e. The molecular formula is C23H25BBrNO5S. The summed E-state index contributed by atoms with van der Waals surface area (Å²) < 4.78 is 32.0. The highest BCUT2D eigenvalue weighted by molar-refractivity contribution is 9.10. The minimum atomic E-state index is -3.30. The fraction of sp³-hybridized carbons (Fsp3) is 0.348. The monoisotopic (exact) mass is 517 g/mol. The highest BCUT2D eigenvalue weighted by atomic mass is 79.9. The number of allylic oxidation sites excluding steroid dienone is 1. The van der Waals surface area contributed by atoms with Gasteiger partial charge in [-0.25, -0.2) is 8.42 Å². The molecule has 2 aromatic rings. The Morgan fingerprint density at radius 2 is 2.16 bits per heavy atom. The molecule has 2 atom stereocenters. The van der Waals surface area contributed by atoms with Crippen LogP contribution in [0.3, 0.4) is 0 Å². The van der Waals surface area contributed by atoms with Crippen molar-refractivity contribution in [1.82, 2.24) is 4.98 Å². The number of phenols is 1. The Labute approximate surface area is 197 Å². The second-order valence-corrected chi connectivity index (χ2v) is 11.2. The number of sulfone groups is 1. The van der Waals surface area contributed by atoms with Crippen LogP contribution in [0.2, 0.25) is 6.32 Å². The second kappa shape index (κ2) is 9.51. The number of rotatable bonds is 6. The molecule has 6 nitrogen and oxygen atoms in total. The maximum atomic E-state index is 12.7. The van der Waals surface area contributed by atoms with E-state index in [1.54, 1.807) is 18.3 Å². The van der Waals surface area contributed by atoms with Crippen LogP contribution in [-0.4, -0.2) is 47.8 Å². The van der Waals surface area contributed by atoms with E-state index in [9.17, 15) is 18.5 Å². The Morgan fingerprint density at radius 3 is 2.88 bits per heavy atom. The first-order chi connectivity index (χ1) is 15.3. The van der Waals surface area contributed by atoms with Crippen LogP contribution >= 0.6 is 15.9 Å². The third-order valence-electron chi connectivity index (χ3n) is 6.06. The molecule has 2 aliphatic heterocycles. The zero-order valence-corrected chi connectivity index (χ0v) is 20.1. The van der Waals surface area contributed by atoms with Crippen LogP contribution in [0.5, 0.6) is 5.75 Å². The summed E-state index contributed by atoms with van der Waals surface area (Å²) in [6, 6.07) is 10.9. The first-order valence-electron chi connectivity index (χ1n) is 10.7. The summed E-state index contributed by atoms with van der Waals surface area (Å²) in [5.41, 5.74) is 4.03. The molecular weight excluding hydrogens is 493 g/mol. The Hall–Kier alpha value is -1.94. The molecule has 2 aliphatic rings. The lowest BCUT2D eigenvalue weighted by Gasteiger charge is -2.32. The van der Waals surface area contributed by atoms with Gasteiger partial charge in [0.1, 0.15) is 5.75 Å². The number of hydrogen-bond donors (Lipinski definition) is 2. The average Bonchev–Trinajstić information content (AvgIpc) is 3.04. The average molecular weight is 518 g/mol. The van der Waals surface area contributed by atoms with Crippen molar-refractivity contribution in [3.63, 3.8) is 0 Å². The van der Waals surface area contributed by atoms with Gasteiger partial charge in [0.05, 0.1) is 22.8 Å². The van der Waals surface area contributed by atoms with E-state index in [-0.39, 0.29) is 17.8 Å². The van der Waals surface area contributed by atoms with Gasteiger partial charge < -0.3 is 14.8 Å². The summed E-state index contributed by atoms with van der Waals surface area (Å²) in [5, 5.41) is 19.9. The molecule has 4 rings (SSSR count). The minimum Gasteiger partial charge on any atom is -0.507 e. The third-order valence-corrected chi connectivity index (χ3v) is 8.62. The molecule has 0 radical (unpaired) electrons. The van der Waals surface area contributed by atoms with E-state index >= 15 is 0 Å². The molecule has 9 heteroatoms. The first kappa shape index (κ1) is 23.2. The highest BCUT2D eigenvalue weighted by Crippen LogP contribution is 2.41. The summed E-state index contributed by atoms with van der Waals surface area (Å²) >= 11 is 3.44. The fourth-order valence-corrected chi connectivity index (χ4v) is 7.13. The van der Waals surface area contributed by atoms with E-state index in [2.05, 4.69) is 20.9 Å². The van der Waals surface area contributed by atoms with Crippen LogP contribution in [0.1, 0.15) is 37.4 Å². The number of nitrogens with zero attached hydrogens (tertiary/aromatic N) is 1. The quantitative estimate of drug-likeness (QED) is 0.439. The molecule has 1 saturated heterocycles. The number of aromatic nitrogens is 1. The number of halogens is 1. The molecule has 2 N–H and O–H groups in total. The van der Waals surface area contributed by atoms with Crippen molar-refractivity contribution in [2.45, 2.75) is 43.9 Å². The lowest BCUT2D eigenvalue weighted by atomic mass is 9.74. The normalized spacial score (nSPS) is 22.8. The number of pyridine rings is 1. The number of fused-ring (bicyclic) bond motifs is 1. The van der Waals surface area contributed by atoms with E-state index in [0.717, 1.165) is 26.9 Å². The van der Waals surface area contributed by atoms with Crippen LogP contribution in [0.25, 0.3) is 11.6 Å². The van der Waals surface area contributed by atoms with Crippen molar-refractivity contribution < 1.29 is 23.2 Å². The van der Waals surface area contributed by atoms with E-state index in [4.69, 9.17) is 4.65 Å². The van der Waals surface area contributed by atoms with Crippen molar-refractivity contribution in [1.29, 1.82) is 0 Å². The number of phenolic OH excluding ortho intramolecular Hbond substituents is 1. The molecule has 168 valence electrons. The maximum absolute atomic E-state index is 12.7. The molecule has 0 spiro atoms. The van der Waals surface area contributed by atoms with Crippen LogP contribution in [0.15, 0.2) is 58.2 Å². The van der Waals surface area contributed by atoms with E-state index in [0.29, 0.717) is 24.8 Å². The minimum absolute atomic E-state index is 0.0466. The van der Waals surface area contributed by atoms with Crippen molar-refractivity contribution in [3.05, 3.63) is 69.5 Å². The highest BCUT2D eigenvalue weighted by Gasteiger charge is 2.47. The van der Waals surface area contributed by atoms with Gasteiger partial charge in [-0.05, 0) is 66.8 Å². The summed E-state index contributed by atoms with van der Waals surface area (Å²) in [6.07, 6.45) is 4.90. The van der Waals surface area contributed by atoms with Gasteiger partial charge in [-0.3, -0.25) is 4.98 Å². The van der Waals surface area contributed by atoms with Gasteiger partial charge in [-0.15, -0.1) is 0 Å². The Balaban J connectivity index is 1.66. The molecule has 1 aromatic carbocycles. The SMILES string of the molecule is CCC1=C2[C@@H](CC/C(=C/c3cc(Br)ccc3O)c3ccccn3)OB(O)C[C@@H]2S(=O)(=O)C1. The Morgan fingerprint density at radius 1 is 1.34 bits per heavy atom. The maximum Gasteiger partial charge on any atom is 0.456 e. The first-order valence-corrected chi connectivity index (χ1v) is 13.2. The predicted molar refractivity (Wildman–Crippen MR) is 130 cm³/mol. The Bertz CT molecular complexity index is 1170. The van der Waals surface area contributed by atoms with Gasteiger partial charge >= 0.3 is 7.12 Å². The molecule has 0 bridgehead atoms. The predicted octanol–water partition coefficient (Wildman–Crippen LogP) is 4.25. The number of benzene rings is 1. The lowest BCUT2D eigenvalue weighted by molar-refractivity contribution is 0.171. The van der Waals surface area contributed by atoms with Crippen LogP contribution < -0.4 is 0 Å². The second-order valence-electron chi connectivity index (χ2n) is 8.15. The zero-order valence-electron chi connectivity index (χ0n) is 17.7. The zero-order chi connectivity index (χ0) is 22.9.